The summed E-state index contributed by atoms with van der Waals surface area (Å²) in [4.78, 5) is 45.2. The van der Waals surface area contributed by atoms with Gasteiger partial charge in [0, 0.05) is 29.1 Å². The Labute approximate surface area is 211 Å². The lowest BCUT2D eigenvalue weighted by Crippen LogP contribution is -2.44. The lowest BCUT2D eigenvalue weighted by molar-refractivity contribution is -0.152. The second-order valence-electron chi connectivity index (χ2n) is 8.88. The van der Waals surface area contributed by atoms with Crippen molar-refractivity contribution in [2.24, 2.45) is 5.92 Å². The summed E-state index contributed by atoms with van der Waals surface area (Å²) < 4.78 is 10.8. The van der Waals surface area contributed by atoms with Crippen molar-refractivity contribution in [3.63, 3.8) is 0 Å². The van der Waals surface area contributed by atoms with E-state index in [4.69, 9.17) is 9.47 Å². The van der Waals surface area contributed by atoms with Gasteiger partial charge in [-0.3, -0.25) is 14.6 Å². The molecular weight excluding hydrogens is 456 g/mol. The van der Waals surface area contributed by atoms with Crippen LogP contribution < -0.4 is 5.32 Å². The molecule has 3 atom stereocenters. The van der Waals surface area contributed by atoms with Crippen LogP contribution in [0, 0.1) is 5.92 Å². The molecule has 1 aliphatic heterocycles. The smallest absolute Gasteiger partial charge is 0.336 e. The predicted octanol–water partition coefficient (Wildman–Crippen LogP) is 4.58. The third kappa shape index (κ3) is 4.83. The number of pyridine rings is 1. The van der Waals surface area contributed by atoms with Gasteiger partial charge in [-0.1, -0.05) is 49.7 Å². The van der Waals surface area contributed by atoms with Gasteiger partial charge in [-0.05, 0) is 44.4 Å². The minimum atomic E-state index is -1.02. The van der Waals surface area contributed by atoms with E-state index in [0.29, 0.717) is 29.7 Å². The number of hydrogen-bond acceptors (Lipinski definition) is 7. The Morgan fingerprint density at radius 1 is 1.00 bits per heavy atom. The van der Waals surface area contributed by atoms with Gasteiger partial charge in [-0.15, -0.1) is 0 Å². The maximum absolute atomic E-state index is 14.2. The van der Waals surface area contributed by atoms with Crippen molar-refractivity contribution in [1.29, 1.82) is 0 Å². The van der Waals surface area contributed by atoms with Gasteiger partial charge in [0.25, 0.3) is 0 Å². The highest BCUT2D eigenvalue weighted by Crippen LogP contribution is 2.48. The molecule has 4 rings (SSSR count). The molecule has 0 fully saturated rings. The Balaban J connectivity index is 1.91. The first kappa shape index (κ1) is 25.4. The summed E-state index contributed by atoms with van der Waals surface area (Å²) in [5, 5.41) is 3.42. The number of carbonyl (C=O) groups is 3. The number of hydrogen-bond donors (Lipinski definition) is 1. The van der Waals surface area contributed by atoms with Crippen LogP contribution >= 0.6 is 0 Å². The molecule has 2 heterocycles. The quantitative estimate of drug-likeness (QED) is 0.429. The van der Waals surface area contributed by atoms with E-state index in [-0.39, 0.29) is 24.9 Å². The number of aromatic nitrogens is 1. The summed E-state index contributed by atoms with van der Waals surface area (Å²) in [6.45, 7) is 5.89. The number of carbonyl (C=O) groups excluding carboxylic acids is 3. The van der Waals surface area contributed by atoms with Gasteiger partial charge >= 0.3 is 11.9 Å². The van der Waals surface area contributed by atoms with Crippen LogP contribution in [0.5, 0.6) is 0 Å². The fourth-order valence-corrected chi connectivity index (χ4v) is 5.20. The highest BCUT2D eigenvalue weighted by molar-refractivity contribution is 6.13. The van der Waals surface area contributed by atoms with E-state index in [1.807, 2.05) is 43.3 Å². The molecule has 0 unspecified atom stereocenters. The second-order valence-corrected chi connectivity index (χ2v) is 8.88. The van der Waals surface area contributed by atoms with E-state index in [9.17, 15) is 14.4 Å². The van der Waals surface area contributed by atoms with Gasteiger partial charge in [0.15, 0.2) is 5.78 Å². The summed E-state index contributed by atoms with van der Waals surface area (Å²) in [7, 11) is 0. The van der Waals surface area contributed by atoms with Crippen molar-refractivity contribution in [2.75, 3.05) is 13.2 Å². The third-order valence-electron chi connectivity index (χ3n) is 6.65. The van der Waals surface area contributed by atoms with Crippen molar-refractivity contribution in [1.82, 2.24) is 10.3 Å². The Bertz CT molecular complexity index is 1190. The number of allylic oxidation sites excluding steroid dienone is 3. The minimum Gasteiger partial charge on any atom is -0.465 e. The number of dihydropyridines is 1. The molecule has 0 saturated heterocycles. The van der Waals surface area contributed by atoms with Gasteiger partial charge in [-0.25, -0.2) is 4.79 Å². The Hall–Kier alpha value is -3.74. The van der Waals surface area contributed by atoms with Crippen LogP contribution in [0.15, 0.2) is 77.3 Å². The minimum absolute atomic E-state index is 0.173. The molecule has 0 saturated carbocycles. The highest BCUT2D eigenvalue weighted by Gasteiger charge is 2.49. The third-order valence-corrected chi connectivity index (χ3v) is 6.65. The van der Waals surface area contributed by atoms with Gasteiger partial charge in [0.1, 0.15) is 5.92 Å². The van der Waals surface area contributed by atoms with Crippen LogP contribution in [0.2, 0.25) is 0 Å². The van der Waals surface area contributed by atoms with Crippen molar-refractivity contribution < 1.29 is 23.9 Å². The largest absolute Gasteiger partial charge is 0.465 e. The highest BCUT2D eigenvalue weighted by atomic mass is 16.5. The molecule has 0 radical (unpaired) electrons. The van der Waals surface area contributed by atoms with E-state index in [0.717, 1.165) is 23.4 Å². The molecule has 7 heteroatoms. The summed E-state index contributed by atoms with van der Waals surface area (Å²) in [5.41, 5.74) is 3.69. The number of Topliss-reactive ketones (excluding diaryl/α,β-unsaturated/α-hetero) is 1. The number of esters is 2. The van der Waals surface area contributed by atoms with Crippen LogP contribution in [0.25, 0.3) is 0 Å². The first-order valence-electron chi connectivity index (χ1n) is 12.6. The first-order chi connectivity index (χ1) is 17.5. The summed E-state index contributed by atoms with van der Waals surface area (Å²) in [6.07, 6.45) is 3.48. The summed E-state index contributed by atoms with van der Waals surface area (Å²) >= 11 is 0. The molecule has 2 aliphatic rings. The van der Waals surface area contributed by atoms with Crippen molar-refractivity contribution in [3.05, 3.63) is 88.5 Å². The van der Waals surface area contributed by atoms with Crippen molar-refractivity contribution in [2.45, 2.75) is 51.9 Å². The monoisotopic (exact) mass is 488 g/mol. The molecule has 188 valence electrons. The van der Waals surface area contributed by atoms with E-state index in [1.165, 1.54) is 0 Å². The molecule has 1 N–H and O–H groups in total. The van der Waals surface area contributed by atoms with Crippen LogP contribution in [0.4, 0.5) is 0 Å². The average molecular weight is 489 g/mol. The Kier molecular flexibility index (Phi) is 7.98. The SMILES string of the molecule is CCCC1=C(C(=O)OCC)[C@@H](c2ccccn2)C2=C(C[C@H](c3ccccc3)[C@@H](C(=O)OCC)C2=O)N1. The summed E-state index contributed by atoms with van der Waals surface area (Å²) in [6, 6.07) is 15.0. The number of nitrogens with zero attached hydrogens (tertiary/aromatic N) is 1. The fourth-order valence-electron chi connectivity index (χ4n) is 5.20. The molecule has 36 heavy (non-hydrogen) atoms. The van der Waals surface area contributed by atoms with E-state index in [1.54, 1.807) is 32.2 Å². The normalized spacial score (nSPS) is 21.5. The standard InChI is InChI=1S/C29H32N2O5/c1-4-12-21-26(29(34)36-6-3)24(20-15-10-11-16-30-20)25-22(31-21)17-19(18-13-8-7-9-14-18)23(27(25)32)28(33)35-5-2/h7-11,13-16,19,23-24,31H,4-6,12,17H2,1-3H3/t19-,23-,24+/m1/s1. The number of benzene rings is 1. The van der Waals surface area contributed by atoms with Crippen LogP contribution in [0.3, 0.4) is 0 Å². The van der Waals surface area contributed by atoms with Gasteiger partial charge in [-0.2, -0.15) is 0 Å². The molecule has 0 bridgehead atoms. The van der Waals surface area contributed by atoms with Gasteiger partial charge in [0.2, 0.25) is 0 Å². The molecular formula is C29H32N2O5. The molecule has 0 spiro atoms. The molecule has 1 aromatic carbocycles. The van der Waals surface area contributed by atoms with E-state index in [2.05, 4.69) is 10.3 Å². The molecule has 7 nitrogen and oxygen atoms in total. The Morgan fingerprint density at radius 3 is 2.36 bits per heavy atom. The lowest BCUT2D eigenvalue weighted by Gasteiger charge is -2.39. The van der Waals surface area contributed by atoms with E-state index < -0.39 is 23.8 Å². The molecule has 1 aliphatic carbocycles. The van der Waals surface area contributed by atoms with Crippen LogP contribution in [-0.4, -0.2) is 35.9 Å². The molecule has 1 aromatic heterocycles. The first-order valence-corrected chi connectivity index (χ1v) is 12.6. The topological polar surface area (TPSA) is 94.6 Å². The second kappa shape index (κ2) is 11.3. The van der Waals surface area contributed by atoms with Gasteiger partial charge in [0.05, 0.1) is 30.4 Å². The van der Waals surface area contributed by atoms with E-state index >= 15 is 0 Å². The predicted molar refractivity (Wildman–Crippen MR) is 135 cm³/mol. The maximum Gasteiger partial charge on any atom is 0.336 e. The maximum atomic E-state index is 14.2. The number of nitrogens with one attached hydrogen (secondary N) is 1. The zero-order valence-electron chi connectivity index (χ0n) is 21.0. The molecule has 2 aromatic rings. The fraction of sp³-hybridized carbons (Fsp3) is 0.379. The zero-order chi connectivity index (χ0) is 25.7. The van der Waals surface area contributed by atoms with Crippen molar-refractivity contribution in [3.8, 4) is 0 Å². The summed E-state index contributed by atoms with van der Waals surface area (Å²) in [5.74, 6) is -3.52. The number of ketones is 1. The van der Waals surface area contributed by atoms with Crippen LogP contribution in [-0.2, 0) is 23.9 Å². The number of rotatable bonds is 8. The van der Waals surface area contributed by atoms with Gasteiger partial charge < -0.3 is 14.8 Å². The van der Waals surface area contributed by atoms with Crippen LogP contribution in [0.1, 0.15) is 63.1 Å². The van der Waals surface area contributed by atoms with Crippen molar-refractivity contribution >= 4 is 17.7 Å². The lowest BCUT2D eigenvalue weighted by atomic mass is 9.67. The average Bonchev–Trinajstić information content (AvgIpc) is 2.89. The zero-order valence-corrected chi connectivity index (χ0v) is 21.0. The number of ether oxygens (including phenoxy) is 2. The molecule has 0 amide bonds. The Morgan fingerprint density at radius 2 is 1.72 bits per heavy atom.